The number of nitrogens with one attached hydrogen (secondary N) is 1. The molecule has 1 rings (SSSR count). The maximum absolute atomic E-state index is 8.27. The maximum Gasteiger partial charge on any atom is 0.151 e. The summed E-state index contributed by atoms with van der Waals surface area (Å²) in [5.74, 6) is 0.840. The van der Waals surface area contributed by atoms with Gasteiger partial charge in [-0.2, -0.15) is 10.4 Å². The third-order valence-electron chi connectivity index (χ3n) is 1.59. The first-order valence-corrected chi connectivity index (χ1v) is 4.25. The quantitative estimate of drug-likeness (QED) is 0.639. The Labute approximate surface area is 77.4 Å². The van der Waals surface area contributed by atoms with Crippen LogP contribution in [-0.4, -0.2) is 27.9 Å². The van der Waals surface area contributed by atoms with Crippen LogP contribution in [0.15, 0.2) is 6.33 Å². The molecule has 0 amide bonds. The fourth-order valence-corrected chi connectivity index (χ4v) is 0.968. The Morgan fingerprint density at radius 3 is 3.08 bits per heavy atom. The molecule has 0 fully saturated rings. The second kappa shape index (κ2) is 5.27. The summed E-state index contributed by atoms with van der Waals surface area (Å²) in [5.41, 5.74) is 0. The van der Waals surface area contributed by atoms with Gasteiger partial charge in [-0.25, -0.2) is 4.98 Å². The molecule has 0 saturated heterocycles. The van der Waals surface area contributed by atoms with Crippen molar-refractivity contribution < 1.29 is 0 Å². The molecule has 0 atom stereocenters. The van der Waals surface area contributed by atoms with Crippen molar-refractivity contribution in [3.63, 3.8) is 0 Å². The Morgan fingerprint density at radius 2 is 2.46 bits per heavy atom. The lowest BCUT2D eigenvalue weighted by molar-refractivity contribution is 0.666. The number of hydrogen-bond acceptors (Lipinski definition) is 4. The van der Waals surface area contributed by atoms with Crippen LogP contribution in [0.25, 0.3) is 0 Å². The summed E-state index contributed by atoms with van der Waals surface area (Å²) in [6.07, 6.45) is 3.05. The lowest BCUT2D eigenvalue weighted by Crippen LogP contribution is -2.18. The predicted octanol–water partition coefficient (Wildman–Crippen LogP) is -0.139. The summed E-state index contributed by atoms with van der Waals surface area (Å²) >= 11 is 0. The molecule has 1 heterocycles. The van der Waals surface area contributed by atoms with Crippen molar-refractivity contribution >= 4 is 0 Å². The fraction of sp³-hybridized carbons (Fsp3) is 0.625. The third-order valence-corrected chi connectivity index (χ3v) is 1.59. The molecule has 70 valence electrons. The van der Waals surface area contributed by atoms with Crippen molar-refractivity contribution in [3.8, 4) is 6.07 Å². The van der Waals surface area contributed by atoms with Crippen molar-refractivity contribution in [2.75, 3.05) is 13.1 Å². The van der Waals surface area contributed by atoms with E-state index in [4.69, 9.17) is 5.26 Å². The Morgan fingerprint density at radius 1 is 1.62 bits per heavy atom. The monoisotopic (exact) mass is 179 g/mol. The van der Waals surface area contributed by atoms with Gasteiger partial charge in [-0.1, -0.05) is 0 Å². The Balaban J connectivity index is 2.10. The van der Waals surface area contributed by atoms with Gasteiger partial charge in [0.1, 0.15) is 6.33 Å². The number of rotatable bonds is 5. The van der Waals surface area contributed by atoms with Gasteiger partial charge in [-0.05, 0) is 0 Å². The third kappa shape index (κ3) is 3.67. The van der Waals surface area contributed by atoms with E-state index < -0.39 is 0 Å². The second-order valence-corrected chi connectivity index (χ2v) is 2.74. The smallest absolute Gasteiger partial charge is 0.151 e. The molecule has 1 aromatic rings. The molecule has 1 N–H and O–H groups in total. The lowest BCUT2D eigenvalue weighted by Gasteiger charge is -1.97. The van der Waals surface area contributed by atoms with Gasteiger partial charge in [0.25, 0.3) is 0 Å². The van der Waals surface area contributed by atoms with Gasteiger partial charge in [-0.3, -0.25) is 4.68 Å². The van der Waals surface area contributed by atoms with Crippen molar-refractivity contribution in [3.05, 3.63) is 12.2 Å². The minimum Gasteiger partial charge on any atom is -0.315 e. The maximum atomic E-state index is 8.27. The molecule has 0 aliphatic heterocycles. The first-order valence-electron chi connectivity index (χ1n) is 4.25. The molecule has 5 nitrogen and oxygen atoms in total. The molecule has 0 unspecified atom stereocenters. The van der Waals surface area contributed by atoms with E-state index >= 15 is 0 Å². The number of aryl methyl sites for hydroxylation is 1. The van der Waals surface area contributed by atoms with Crippen molar-refractivity contribution in [2.45, 2.75) is 12.8 Å². The van der Waals surface area contributed by atoms with Crippen LogP contribution in [-0.2, 0) is 13.5 Å². The zero-order valence-corrected chi connectivity index (χ0v) is 7.69. The predicted molar refractivity (Wildman–Crippen MR) is 47.8 cm³/mol. The first kappa shape index (κ1) is 9.68. The molecule has 0 aromatic carbocycles. The Kier molecular flexibility index (Phi) is 3.93. The molecule has 13 heavy (non-hydrogen) atoms. The molecular weight excluding hydrogens is 166 g/mol. The SMILES string of the molecule is Cn1cnc(CCNCCC#N)n1. The number of nitriles is 1. The molecule has 0 bridgehead atoms. The number of aromatic nitrogens is 3. The summed E-state index contributed by atoms with van der Waals surface area (Å²) in [5, 5.41) is 15.5. The highest BCUT2D eigenvalue weighted by Gasteiger charge is 1.96. The minimum absolute atomic E-state index is 0.551. The molecule has 1 aromatic heterocycles. The van der Waals surface area contributed by atoms with Crippen LogP contribution in [0.2, 0.25) is 0 Å². The van der Waals surface area contributed by atoms with E-state index in [0.717, 1.165) is 25.3 Å². The van der Waals surface area contributed by atoms with Gasteiger partial charge >= 0.3 is 0 Å². The summed E-state index contributed by atoms with van der Waals surface area (Å²) < 4.78 is 1.69. The molecule has 0 aliphatic rings. The van der Waals surface area contributed by atoms with Crippen LogP contribution < -0.4 is 5.32 Å². The van der Waals surface area contributed by atoms with E-state index in [2.05, 4.69) is 21.5 Å². The molecule has 0 radical (unpaired) electrons. The topological polar surface area (TPSA) is 66.5 Å². The second-order valence-electron chi connectivity index (χ2n) is 2.74. The highest BCUT2D eigenvalue weighted by molar-refractivity contribution is 4.82. The molecule has 5 heteroatoms. The van der Waals surface area contributed by atoms with E-state index in [-0.39, 0.29) is 0 Å². The zero-order chi connectivity index (χ0) is 9.52. The van der Waals surface area contributed by atoms with Crippen molar-refractivity contribution in [1.29, 1.82) is 5.26 Å². The van der Waals surface area contributed by atoms with Crippen LogP contribution >= 0.6 is 0 Å². The summed E-state index contributed by atoms with van der Waals surface area (Å²) in [6, 6.07) is 2.07. The van der Waals surface area contributed by atoms with Gasteiger partial charge in [0.15, 0.2) is 5.82 Å². The Bertz CT molecular complexity index is 285. The molecule has 0 spiro atoms. The minimum atomic E-state index is 0.551. The van der Waals surface area contributed by atoms with Crippen LogP contribution in [0.4, 0.5) is 0 Å². The van der Waals surface area contributed by atoms with Crippen molar-refractivity contribution in [2.24, 2.45) is 7.05 Å². The van der Waals surface area contributed by atoms with Gasteiger partial charge in [-0.15, -0.1) is 0 Å². The highest BCUT2D eigenvalue weighted by Crippen LogP contribution is 1.87. The summed E-state index contributed by atoms with van der Waals surface area (Å²) in [6.45, 7) is 1.56. The highest BCUT2D eigenvalue weighted by atomic mass is 15.3. The number of hydrogen-bond donors (Lipinski definition) is 1. The van der Waals surface area contributed by atoms with E-state index in [1.807, 2.05) is 7.05 Å². The average Bonchev–Trinajstić information content (AvgIpc) is 2.51. The van der Waals surface area contributed by atoms with Crippen LogP contribution in [0.5, 0.6) is 0 Å². The van der Waals surface area contributed by atoms with Crippen LogP contribution in [0.3, 0.4) is 0 Å². The van der Waals surface area contributed by atoms with Gasteiger partial charge in [0.05, 0.1) is 6.07 Å². The van der Waals surface area contributed by atoms with E-state index in [9.17, 15) is 0 Å². The van der Waals surface area contributed by atoms with Gasteiger partial charge in [0, 0.05) is 33.0 Å². The lowest BCUT2D eigenvalue weighted by atomic mass is 10.4. The zero-order valence-electron chi connectivity index (χ0n) is 7.69. The van der Waals surface area contributed by atoms with Crippen molar-refractivity contribution in [1.82, 2.24) is 20.1 Å². The largest absolute Gasteiger partial charge is 0.315 e. The molecule has 0 saturated carbocycles. The van der Waals surface area contributed by atoms with Crippen LogP contribution in [0.1, 0.15) is 12.2 Å². The van der Waals surface area contributed by atoms with Gasteiger partial charge in [0.2, 0.25) is 0 Å². The summed E-state index contributed by atoms with van der Waals surface area (Å²) in [4.78, 5) is 4.08. The Hall–Kier alpha value is -1.41. The summed E-state index contributed by atoms with van der Waals surface area (Å²) in [7, 11) is 1.85. The average molecular weight is 179 g/mol. The number of nitrogens with zero attached hydrogens (tertiary/aromatic N) is 4. The standard InChI is InChI=1S/C8H13N5/c1-13-7-11-8(12-13)3-6-10-5-2-4-9/h7,10H,2-3,5-6H2,1H3. The van der Waals surface area contributed by atoms with E-state index in [1.165, 1.54) is 0 Å². The molecular formula is C8H13N5. The molecule has 0 aliphatic carbocycles. The van der Waals surface area contributed by atoms with E-state index in [0.29, 0.717) is 6.42 Å². The van der Waals surface area contributed by atoms with Gasteiger partial charge < -0.3 is 5.32 Å². The first-order chi connectivity index (χ1) is 6.33. The van der Waals surface area contributed by atoms with E-state index in [1.54, 1.807) is 11.0 Å². The van der Waals surface area contributed by atoms with Crippen LogP contribution in [0, 0.1) is 11.3 Å². The normalized spacial score (nSPS) is 9.85. The fourth-order valence-electron chi connectivity index (χ4n) is 0.968.